The van der Waals surface area contributed by atoms with Gasteiger partial charge in [-0.1, -0.05) is 36.4 Å². The van der Waals surface area contributed by atoms with Crippen molar-refractivity contribution in [1.82, 2.24) is 4.98 Å². The first kappa shape index (κ1) is 11.6. The molecule has 0 fully saturated rings. The van der Waals surface area contributed by atoms with Gasteiger partial charge in [0.2, 0.25) is 5.43 Å². The molecule has 3 aromatic carbocycles. The van der Waals surface area contributed by atoms with Crippen molar-refractivity contribution in [1.29, 1.82) is 0 Å². The van der Waals surface area contributed by atoms with E-state index >= 15 is 0 Å². The number of rotatable bonds is 0. The van der Waals surface area contributed by atoms with E-state index in [4.69, 9.17) is 4.42 Å². The highest BCUT2D eigenvalue weighted by Gasteiger charge is 2.15. The molecule has 0 saturated heterocycles. The summed E-state index contributed by atoms with van der Waals surface area (Å²) in [6.07, 6.45) is 1.87. The van der Waals surface area contributed by atoms with E-state index < -0.39 is 0 Å². The van der Waals surface area contributed by atoms with Crippen LogP contribution in [0.15, 0.2) is 70.0 Å². The molecule has 0 saturated carbocycles. The zero-order valence-electron chi connectivity index (χ0n) is 11.6. The lowest BCUT2D eigenvalue weighted by molar-refractivity contribution is 0.664. The average Bonchev–Trinajstić information content (AvgIpc) is 3.05. The molecule has 5 rings (SSSR count). The van der Waals surface area contributed by atoms with Gasteiger partial charge >= 0.3 is 0 Å². The first-order valence-electron chi connectivity index (χ1n) is 7.18. The molecule has 0 aliphatic heterocycles. The molecule has 0 radical (unpaired) electrons. The maximum absolute atomic E-state index is 13.0. The number of H-pyrrole nitrogens is 1. The lowest BCUT2D eigenvalue weighted by atomic mass is 10.0. The van der Waals surface area contributed by atoms with E-state index in [1.165, 1.54) is 0 Å². The zero-order valence-corrected chi connectivity index (χ0v) is 11.6. The van der Waals surface area contributed by atoms with E-state index in [-0.39, 0.29) is 5.43 Å². The number of para-hydroxylation sites is 1. The van der Waals surface area contributed by atoms with Crippen LogP contribution in [0.2, 0.25) is 0 Å². The Morgan fingerprint density at radius 1 is 0.773 bits per heavy atom. The first-order valence-corrected chi connectivity index (χ1v) is 7.18. The van der Waals surface area contributed by atoms with Crippen LogP contribution in [0, 0.1) is 0 Å². The Kier molecular flexibility index (Phi) is 2.09. The second-order valence-corrected chi connectivity index (χ2v) is 5.44. The van der Waals surface area contributed by atoms with Gasteiger partial charge in [-0.3, -0.25) is 4.79 Å². The van der Waals surface area contributed by atoms with E-state index in [2.05, 4.69) is 11.1 Å². The topological polar surface area (TPSA) is 46.0 Å². The summed E-state index contributed by atoms with van der Waals surface area (Å²) in [4.78, 5) is 16.2. The fourth-order valence-electron chi connectivity index (χ4n) is 3.28. The fraction of sp³-hybridized carbons (Fsp3) is 0. The van der Waals surface area contributed by atoms with Gasteiger partial charge in [-0.25, -0.2) is 0 Å². The van der Waals surface area contributed by atoms with Gasteiger partial charge in [0.15, 0.2) is 0 Å². The summed E-state index contributed by atoms with van der Waals surface area (Å²) in [5.74, 6) is 0. The van der Waals surface area contributed by atoms with E-state index in [1.807, 2.05) is 54.7 Å². The Morgan fingerprint density at radius 2 is 1.50 bits per heavy atom. The van der Waals surface area contributed by atoms with Gasteiger partial charge in [-0.2, -0.15) is 0 Å². The minimum atomic E-state index is 0.00931. The van der Waals surface area contributed by atoms with Crippen LogP contribution >= 0.6 is 0 Å². The summed E-state index contributed by atoms with van der Waals surface area (Å²) in [6.45, 7) is 0. The third-order valence-corrected chi connectivity index (χ3v) is 4.26. The number of aromatic amines is 1. The van der Waals surface area contributed by atoms with Crippen LogP contribution < -0.4 is 5.43 Å². The molecule has 0 aliphatic rings. The third-order valence-electron chi connectivity index (χ3n) is 4.26. The van der Waals surface area contributed by atoms with Crippen LogP contribution in [0.1, 0.15) is 0 Å². The minimum absolute atomic E-state index is 0.00931. The largest absolute Gasteiger partial charge is 0.455 e. The van der Waals surface area contributed by atoms with Crippen LogP contribution in [-0.4, -0.2) is 4.98 Å². The molecular weight excluding hydrogens is 274 g/mol. The highest BCUT2D eigenvalue weighted by Crippen LogP contribution is 2.34. The second kappa shape index (κ2) is 3.98. The minimum Gasteiger partial charge on any atom is -0.455 e. The Hall–Kier alpha value is -3.07. The predicted octanol–water partition coefficient (Wildman–Crippen LogP) is 4.58. The molecule has 2 aromatic heterocycles. The Bertz CT molecular complexity index is 1240. The number of hydrogen-bond acceptors (Lipinski definition) is 2. The van der Waals surface area contributed by atoms with Gasteiger partial charge in [0.1, 0.15) is 11.2 Å². The van der Waals surface area contributed by atoms with E-state index in [0.717, 1.165) is 21.7 Å². The van der Waals surface area contributed by atoms with Crippen molar-refractivity contribution in [2.45, 2.75) is 0 Å². The molecule has 104 valence electrons. The number of fused-ring (bicyclic) bond motifs is 7. The molecule has 0 atom stereocenters. The summed E-state index contributed by atoms with van der Waals surface area (Å²) in [5.41, 5.74) is 2.12. The Balaban J connectivity index is 2.25. The number of aromatic nitrogens is 1. The zero-order chi connectivity index (χ0) is 14.7. The summed E-state index contributed by atoms with van der Waals surface area (Å²) in [6, 6.07) is 17.4. The molecule has 0 amide bonds. The first-order chi connectivity index (χ1) is 10.8. The molecule has 3 nitrogen and oxygen atoms in total. The molecule has 0 spiro atoms. The number of nitrogens with one attached hydrogen (secondary N) is 1. The van der Waals surface area contributed by atoms with Gasteiger partial charge in [0.05, 0.1) is 16.3 Å². The van der Waals surface area contributed by atoms with Crippen molar-refractivity contribution in [3.63, 3.8) is 0 Å². The van der Waals surface area contributed by atoms with Crippen molar-refractivity contribution in [2.24, 2.45) is 0 Å². The van der Waals surface area contributed by atoms with Crippen molar-refractivity contribution in [3.05, 3.63) is 71.0 Å². The van der Waals surface area contributed by atoms with Crippen LogP contribution in [0.5, 0.6) is 0 Å². The fourth-order valence-corrected chi connectivity index (χ4v) is 3.28. The molecule has 2 heterocycles. The SMILES string of the molecule is O=c1c2ccccc2oc2c3ccccc3c3cc[nH]c3c12. The summed E-state index contributed by atoms with van der Waals surface area (Å²) >= 11 is 0. The Morgan fingerprint density at radius 3 is 2.36 bits per heavy atom. The van der Waals surface area contributed by atoms with Crippen LogP contribution in [0.3, 0.4) is 0 Å². The van der Waals surface area contributed by atoms with Crippen molar-refractivity contribution in [2.75, 3.05) is 0 Å². The lowest BCUT2D eigenvalue weighted by Crippen LogP contribution is -2.03. The van der Waals surface area contributed by atoms with Gasteiger partial charge in [0.25, 0.3) is 0 Å². The third kappa shape index (κ3) is 1.33. The van der Waals surface area contributed by atoms with E-state index in [9.17, 15) is 4.79 Å². The highest BCUT2D eigenvalue weighted by atomic mass is 16.3. The molecule has 3 heteroatoms. The molecule has 0 aliphatic carbocycles. The summed E-state index contributed by atoms with van der Waals surface area (Å²) < 4.78 is 6.10. The van der Waals surface area contributed by atoms with Crippen LogP contribution in [0.4, 0.5) is 0 Å². The standard InChI is InChI=1S/C19H11NO2/c21-18-14-7-3-4-8-15(14)22-19-13-6-2-1-5-11(13)12-9-10-20-17(12)16(18)19/h1-10,20H. The molecule has 1 N–H and O–H groups in total. The lowest BCUT2D eigenvalue weighted by Gasteiger charge is -2.07. The molecule has 5 aromatic rings. The van der Waals surface area contributed by atoms with Crippen LogP contribution in [-0.2, 0) is 0 Å². The van der Waals surface area contributed by atoms with Crippen molar-refractivity contribution in [3.8, 4) is 0 Å². The highest BCUT2D eigenvalue weighted by molar-refractivity contribution is 6.23. The normalized spacial score (nSPS) is 11.8. The summed E-state index contributed by atoms with van der Waals surface area (Å²) in [5, 5.41) is 4.33. The Labute approximate surface area is 124 Å². The summed E-state index contributed by atoms with van der Waals surface area (Å²) in [7, 11) is 0. The van der Waals surface area contributed by atoms with Gasteiger partial charge in [-0.15, -0.1) is 0 Å². The van der Waals surface area contributed by atoms with Gasteiger partial charge < -0.3 is 9.40 Å². The van der Waals surface area contributed by atoms with Gasteiger partial charge in [-0.05, 0) is 23.6 Å². The van der Waals surface area contributed by atoms with Crippen molar-refractivity contribution >= 4 is 43.6 Å². The predicted molar refractivity (Wildman–Crippen MR) is 89.4 cm³/mol. The molecule has 22 heavy (non-hydrogen) atoms. The van der Waals surface area contributed by atoms with E-state index in [0.29, 0.717) is 21.9 Å². The molecule has 0 bridgehead atoms. The van der Waals surface area contributed by atoms with Gasteiger partial charge in [0, 0.05) is 17.0 Å². The van der Waals surface area contributed by atoms with Crippen molar-refractivity contribution < 1.29 is 4.42 Å². The number of benzene rings is 3. The van der Waals surface area contributed by atoms with Crippen LogP contribution in [0.25, 0.3) is 43.6 Å². The smallest absolute Gasteiger partial charge is 0.202 e. The van der Waals surface area contributed by atoms with E-state index in [1.54, 1.807) is 0 Å². The second-order valence-electron chi connectivity index (χ2n) is 5.44. The maximum Gasteiger partial charge on any atom is 0.202 e. The number of hydrogen-bond donors (Lipinski definition) is 1. The molecule has 0 unspecified atom stereocenters. The monoisotopic (exact) mass is 285 g/mol. The quantitative estimate of drug-likeness (QED) is 0.334. The average molecular weight is 285 g/mol. The maximum atomic E-state index is 13.0. The molecular formula is C19H11NO2.